The van der Waals surface area contributed by atoms with Crippen molar-refractivity contribution in [3.8, 4) is 0 Å². The number of halogens is 1. The molecular weight excluding hydrogens is 412 g/mol. The van der Waals surface area contributed by atoms with Crippen molar-refractivity contribution in [2.24, 2.45) is 4.99 Å². The number of furan rings is 1. The number of ether oxygens (including phenoxy) is 1. The predicted octanol–water partition coefficient (Wildman–Crippen LogP) is 2.96. The van der Waals surface area contributed by atoms with Crippen molar-refractivity contribution in [3.05, 3.63) is 89.5 Å². The third kappa shape index (κ3) is 3.36. The molecule has 0 bridgehead atoms. The zero-order valence-corrected chi connectivity index (χ0v) is 17.5. The molecule has 0 aliphatic carbocycles. The van der Waals surface area contributed by atoms with Crippen molar-refractivity contribution in [1.29, 1.82) is 0 Å². The number of nitrogens with zero attached hydrogens (tertiary/aromatic N) is 2. The first-order valence-electron chi connectivity index (χ1n) is 8.82. The number of aryl methyl sites for hydroxylation is 1. The summed E-state index contributed by atoms with van der Waals surface area (Å²) in [7, 11) is 1.30. The number of allylic oxidation sites excluding steroid dienone is 1. The molecule has 1 aliphatic rings. The highest BCUT2D eigenvalue weighted by Crippen LogP contribution is 2.34. The number of methoxy groups -OCH3 is 1. The van der Waals surface area contributed by atoms with Gasteiger partial charge in [0.15, 0.2) is 4.80 Å². The molecule has 8 heteroatoms. The number of aromatic nitrogens is 1. The second-order valence-electron chi connectivity index (χ2n) is 6.54. The quantitative estimate of drug-likeness (QED) is 0.601. The monoisotopic (exact) mass is 428 g/mol. The van der Waals surface area contributed by atoms with Crippen LogP contribution < -0.4 is 14.9 Å². The van der Waals surface area contributed by atoms with E-state index in [-0.39, 0.29) is 11.1 Å². The second kappa shape index (κ2) is 7.50. The lowest BCUT2D eigenvalue weighted by Crippen LogP contribution is -2.39. The van der Waals surface area contributed by atoms with Crippen LogP contribution in [0.25, 0.3) is 6.08 Å². The van der Waals surface area contributed by atoms with E-state index in [1.807, 2.05) is 19.1 Å². The minimum atomic E-state index is -0.729. The molecule has 0 saturated heterocycles. The first kappa shape index (κ1) is 19.4. The highest BCUT2D eigenvalue weighted by atomic mass is 35.5. The number of hydrogen-bond donors (Lipinski definition) is 0. The Bertz CT molecular complexity index is 1330. The van der Waals surface area contributed by atoms with Crippen LogP contribution >= 0.6 is 22.9 Å². The molecule has 2 aromatic heterocycles. The fourth-order valence-electron chi connectivity index (χ4n) is 3.34. The molecular formula is C21H17ClN2O4S. The lowest BCUT2D eigenvalue weighted by Gasteiger charge is -2.25. The van der Waals surface area contributed by atoms with E-state index in [2.05, 4.69) is 4.99 Å². The van der Waals surface area contributed by atoms with Crippen LogP contribution in [-0.2, 0) is 9.53 Å². The Labute approximate surface area is 175 Å². The van der Waals surface area contributed by atoms with Crippen molar-refractivity contribution in [2.45, 2.75) is 19.9 Å². The molecule has 0 N–H and O–H groups in total. The summed E-state index contributed by atoms with van der Waals surface area (Å²) in [4.78, 5) is 30.9. The Morgan fingerprint density at radius 3 is 2.69 bits per heavy atom. The van der Waals surface area contributed by atoms with Gasteiger partial charge in [0.25, 0.3) is 5.56 Å². The Morgan fingerprint density at radius 2 is 2.03 bits per heavy atom. The summed E-state index contributed by atoms with van der Waals surface area (Å²) in [6, 6.07) is 10.0. The van der Waals surface area contributed by atoms with E-state index in [0.717, 1.165) is 5.76 Å². The van der Waals surface area contributed by atoms with Crippen molar-refractivity contribution in [1.82, 2.24) is 4.57 Å². The van der Waals surface area contributed by atoms with Crippen LogP contribution in [0.4, 0.5) is 0 Å². The predicted molar refractivity (Wildman–Crippen MR) is 111 cm³/mol. The minimum Gasteiger partial charge on any atom is -0.466 e. The zero-order valence-electron chi connectivity index (χ0n) is 15.9. The summed E-state index contributed by atoms with van der Waals surface area (Å²) in [6.45, 7) is 3.56. The van der Waals surface area contributed by atoms with E-state index in [9.17, 15) is 9.59 Å². The maximum Gasteiger partial charge on any atom is 0.338 e. The van der Waals surface area contributed by atoms with Gasteiger partial charge in [-0.3, -0.25) is 9.36 Å². The van der Waals surface area contributed by atoms with Crippen LogP contribution in [-0.4, -0.2) is 17.6 Å². The van der Waals surface area contributed by atoms with E-state index < -0.39 is 12.0 Å². The topological polar surface area (TPSA) is 73.8 Å². The minimum absolute atomic E-state index is 0.276. The molecule has 4 rings (SSSR count). The fourth-order valence-corrected chi connectivity index (χ4v) is 4.61. The number of rotatable bonds is 3. The molecule has 1 aromatic carbocycles. The van der Waals surface area contributed by atoms with E-state index in [1.165, 1.54) is 23.0 Å². The highest BCUT2D eigenvalue weighted by molar-refractivity contribution is 7.07. The van der Waals surface area contributed by atoms with Crippen molar-refractivity contribution in [3.63, 3.8) is 0 Å². The molecule has 148 valence electrons. The molecule has 29 heavy (non-hydrogen) atoms. The molecule has 3 aromatic rings. The van der Waals surface area contributed by atoms with Gasteiger partial charge in [0.05, 0.1) is 22.9 Å². The highest BCUT2D eigenvalue weighted by Gasteiger charge is 2.34. The smallest absolute Gasteiger partial charge is 0.338 e. The van der Waals surface area contributed by atoms with Crippen molar-refractivity contribution < 1.29 is 13.9 Å². The Morgan fingerprint density at radius 1 is 1.28 bits per heavy atom. The third-order valence-electron chi connectivity index (χ3n) is 4.66. The van der Waals surface area contributed by atoms with Crippen LogP contribution in [0.5, 0.6) is 0 Å². The first-order chi connectivity index (χ1) is 13.9. The van der Waals surface area contributed by atoms with Gasteiger partial charge in [-0.1, -0.05) is 41.1 Å². The van der Waals surface area contributed by atoms with E-state index in [1.54, 1.807) is 37.3 Å². The van der Waals surface area contributed by atoms with Gasteiger partial charge in [-0.05, 0) is 37.6 Å². The van der Waals surface area contributed by atoms with E-state index in [4.69, 9.17) is 20.8 Å². The maximum absolute atomic E-state index is 13.3. The molecule has 6 nitrogen and oxygen atoms in total. The number of esters is 1. The number of thiazole rings is 1. The van der Waals surface area contributed by atoms with E-state index in [0.29, 0.717) is 31.4 Å². The van der Waals surface area contributed by atoms with Crippen molar-refractivity contribution >= 4 is 35.0 Å². The van der Waals surface area contributed by atoms with Crippen LogP contribution in [0.1, 0.15) is 30.0 Å². The number of carbonyl (C=O) groups excluding carboxylic acids is 1. The van der Waals surface area contributed by atoms with Crippen molar-refractivity contribution in [2.75, 3.05) is 7.11 Å². The van der Waals surface area contributed by atoms with Gasteiger partial charge in [0.2, 0.25) is 0 Å². The lowest BCUT2D eigenvalue weighted by atomic mass is 9.96. The molecule has 3 heterocycles. The van der Waals surface area contributed by atoms with Gasteiger partial charge < -0.3 is 9.15 Å². The molecule has 0 radical (unpaired) electrons. The molecule has 0 amide bonds. The SMILES string of the molecule is COC(=O)C1=C(C)N=c2s/c(=C/c3ccc(C)o3)c(=O)n2[C@@H]1c1ccccc1Cl. The lowest BCUT2D eigenvalue weighted by molar-refractivity contribution is -0.136. The van der Waals surface area contributed by atoms with Gasteiger partial charge in [0, 0.05) is 11.1 Å². The third-order valence-corrected chi connectivity index (χ3v) is 5.99. The Kier molecular flexibility index (Phi) is 5.02. The summed E-state index contributed by atoms with van der Waals surface area (Å²) in [6.07, 6.45) is 1.68. The number of fused-ring (bicyclic) bond motifs is 1. The van der Waals surface area contributed by atoms with Gasteiger partial charge >= 0.3 is 5.97 Å². The van der Waals surface area contributed by atoms with Gasteiger partial charge in [-0.25, -0.2) is 9.79 Å². The van der Waals surface area contributed by atoms with Gasteiger partial charge in [-0.2, -0.15) is 0 Å². The van der Waals surface area contributed by atoms with Crippen LogP contribution in [0.2, 0.25) is 5.02 Å². The average molecular weight is 429 g/mol. The summed E-state index contributed by atoms with van der Waals surface area (Å²) < 4.78 is 12.5. The molecule has 0 unspecified atom stereocenters. The summed E-state index contributed by atoms with van der Waals surface area (Å²) >= 11 is 7.67. The molecule has 1 aliphatic heterocycles. The van der Waals surface area contributed by atoms with E-state index >= 15 is 0 Å². The summed E-state index contributed by atoms with van der Waals surface area (Å²) in [5, 5.41) is 0.449. The summed E-state index contributed by atoms with van der Waals surface area (Å²) in [5.74, 6) is 0.778. The largest absolute Gasteiger partial charge is 0.466 e. The molecule has 0 saturated carbocycles. The number of benzene rings is 1. The zero-order chi connectivity index (χ0) is 20.7. The number of hydrogen-bond acceptors (Lipinski definition) is 6. The molecule has 0 spiro atoms. The molecule has 1 atom stereocenters. The van der Waals surface area contributed by atoms with Crippen LogP contribution in [0, 0.1) is 6.92 Å². The fraction of sp³-hybridized carbons (Fsp3) is 0.190. The Balaban J connectivity index is 2.01. The number of carbonyl (C=O) groups is 1. The normalized spacial score (nSPS) is 16.6. The second-order valence-corrected chi connectivity index (χ2v) is 7.96. The molecule has 0 fully saturated rings. The Hall–Kier alpha value is -2.90. The van der Waals surface area contributed by atoms with Gasteiger partial charge in [-0.15, -0.1) is 0 Å². The van der Waals surface area contributed by atoms with Crippen LogP contribution in [0.3, 0.4) is 0 Å². The summed E-state index contributed by atoms with van der Waals surface area (Å²) in [5.41, 5.74) is 1.13. The first-order valence-corrected chi connectivity index (χ1v) is 10.0. The standard InChI is InChI=1S/C21H17ClN2O4S/c1-11-8-9-13(28-11)10-16-19(25)24-18(14-6-4-5-7-15(14)22)17(20(26)27-3)12(2)23-21(24)29-16/h4-10,18H,1-3H3/b16-10+/t18-/m1/s1. The average Bonchev–Trinajstić information content (AvgIpc) is 3.24. The van der Waals surface area contributed by atoms with Crippen LogP contribution in [0.15, 0.2) is 61.9 Å². The maximum atomic E-state index is 13.3. The van der Waals surface area contributed by atoms with Gasteiger partial charge in [0.1, 0.15) is 17.6 Å².